The van der Waals surface area contributed by atoms with Gasteiger partial charge in [-0.2, -0.15) is 0 Å². The third-order valence-corrected chi connectivity index (χ3v) is 6.12. The molecule has 0 saturated heterocycles. The van der Waals surface area contributed by atoms with Crippen LogP contribution in [0.2, 0.25) is 0 Å². The van der Waals surface area contributed by atoms with Crippen LogP contribution >= 0.6 is 0 Å². The van der Waals surface area contributed by atoms with Gasteiger partial charge < -0.3 is 18.9 Å². The van der Waals surface area contributed by atoms with E-state index < -0.39 is 5.97 Å². The van der Waals surface area contributed by atoms with Gasteiger partial charge in [-0.3, -0.25) is 0 Å². The summed E-state index contributed by atoms with van der Waals surface area (Å²) < 4.78 is 21.2. The third-order valence-electron chi connectivity index (χ3n) is 6.12. The first kappa shape index (κ1) is 32.3. The van der Waals surface area contributed by atoms with E-state index in [0.717, 1.165) is 65.3 Å². The van der Waals surface area contributed by atoms with Gasteiger partial charge in [-0.1, -0.05) is 43.8 Å². The number of unbranched alkanes of at least 4 members (excludes halogenated alkanes) is 2. The summed E-state index contributed by atoms with van der Waals surface area (Å²) in [5, 5.41) is 0. The summed E-state index contributed by atoms with van der Waals surface area (Å²) in [5.41, 5.74) is 4.81. The molecule has 0 spiro atoms. The highest BCUT2D eigenvalue weighted by Gasteiger charge is 2.01. The minimum Gasteiger partial charge on any atom is -0.494 e. The van der Waals surface area contributed by atoms with Gasteiger partial charge in [0.25, 0.3) is 0 Å². The molecule has 6 nitrogen and oxygen atoms in total. The minimum atomic E-state index is -0.468. The molecule has 0 amide bonds. The zero-order valence-corrected chi connectivity index (χ0v) is 24.5. The molecule has 0 bridgehead atoms. The number of benzene rings is 3. The van der Waals surface area contributed by atoms with Crippen LogP contribution in [0.4, 0.5) is 0 Å². The monoisotopic (exact) mass is 576 g/mol. The van der Waals surface area contributed by atoms with E-state index in [2.05, 4.69) is 49.8 Å². The lowest BCUT2D eigenvalue weighted by molar-refractivity contribution is -0.139. The molecule has 0 unspecified atom stereocenters. The summed E-state index contributed by atoms with van der Waals surface area (Å²) in [7, 11) is 0. The Bertz CT molecular complexity index is 1500. The quantitative estimate of drug-likeness (QED) is 0.0953. The molecule has 0 aliphatic carbocycles. The van der Waals surface area contributed by atoms with Crippen molar-refractivity contribution in [3.63, 3.8) is 0 Å². The molecule has 0 N–H and O–H groups in total. The van der Waals surface area contributed by atoms with Crippen molar-refractivity contribution in [3.8, 4) is 35.2 Å². The molecule has 6 heteroatoms. The maximum Gasteiger partial charge on any atom is 0.330 e. The number of ether oxygens (including phenoxy) is 4. The summed E-state index contributed by atoms with van der Waals surface area (Å²) in [4.78, 5) is 22.1. The van der Waals surface area contributed by atoms with Gasteiger partial charge in [-0.05, 0) is 98.0 Å². The van der Waals surface area contributed by atoms with E-state index in [9.17, 15) is 9.59 Å². The van der Waals surface area contributed by atoms with Crippen molar-refractivity contribution in [2.24, 2.45) is 0 Å². The van der Waals surface area contributed by atoms with Crippen molar-refractivity contribution < 1.29 is 28.5 Å². The number of hydrogen-bond donors (Lipinski definition) is 0. The Kier molecular flexibility index (Phi) is 13.7. The average Bonchev–Trinajstić information content (AvgIpc) is 3.05. The predicted octanol–water partition coefficient (Wildman–Crippen LogP) is 6.43. The molecule has 220 valence electrons. The van der Waals surface area contributed by atoms with Crippen molar-refractivity contribution in [3.05, 3.63) is 120 Å². The van der Waals surface area contributed by atoms with Crippen molar-refractivity contribution in [2.45, 2.75) is 32.6 Å². The standard InChI is InChI=1S/C37H36O6/c1-4-32-28-31(11-10-29-14-20-34(21-15-29)40-24-8-7-9-25-42-36(38)5-2)13-19-33(32)18-12-30-16-22-35(23-17-30)41-26-27-43-37(39)6-3/h5-6,13-17,19-23,28H,2-4,7-9,24-27H2,1H3. The SMILES string of the molecule is C=CC(=O)OCCCCCOc1ccc(C#Cc2ccc(C#Cc3ccc(OCCOC(=O)C=C)cc3)c(CC)c2)cc1. The number of carbonyl (C=O) groups excluding carboxylic acids is 2. The molecule has 0 heterocycles. The largest absolute Gasteiger partial charge is 0.494 e. The van der Waals surface area contributed by atoms with Gasteiger partial charge in [0, 0.05) is 34.4 Å². The van der Waals surface area contributed by atoms with Crippen LogP contribution in [0, 0.1) is 23.7 Å². The van der Waals surface area contributed by atoms with Gasteiger partial charge in [0.05, 0.1) is 13.2 Å². The molecule has 0 radical (unpaired) electrons. The topological polar surface area (TPSA) is 71.1 Å². The molecule has 0 atom stereocenters. The zero-order chi connectivity index (χ0) is 30.7. The molecule has 0 aromatic heterocycles. The summed E-state index contributed by atoms with van der Waals surface area (Å²) in [6.45, 7) is 10.3. The smallest absolute Gasteiger partial charge is 0.330 e. The lowest BCUT2D eigenvalue weighted by Gasteiger charge is -2.06. The van der Waals surface area contributed by atoms with E-state index in [4.69, 9.17) is 18.9 Å². The fourth-order valence-electron chi connectivity index (χ4n) is 3.80. The second-order valence-corrected chi connectivity index (χ2v) is 9.28. The molecule has 3 aromatic rings. The normalized spacial score (nSPS) is 9.79. The van der Waals surface area contributed by atoms with Crippen LogP contribution in [-0.2, 0) is 25.5 Å². The van der Waals surface area contributed by atoms with Gasteiger partial charge in [0.1, 0.15) is 24.7 Å². The van der Waals surface area contributed by atoms with E-state index in [1.54, 1.807) is 0 Å². The van der Waals surface area contributed by atoms with Crippen LogP contribution in [0.3, 0.4) is 0 Å². The lowest BCUT2D eigenvalue weighted by Crippen LogP contribution is -2.10. The second-order valence-electron chi connectivity index (χ2n) is 9.28. The molecule has 0 aliphatic rings. The highest BCUT2D eigenvalue weighted by molar-refractivity contribution is 5.81. The van der Waals surface area contributed by atoms with Gasteiger partial charge in [-0.25, -0.2) is 9.59 Å². The molecule has 3 aromatic carbocycles. The fraction of sp³-hybridized carbons (Fsp3) is 0.243. The average molecular weight is 577 g/mol. The molecule has 43 heavy (non-hydrogen) atoms. The molecule has 0 saturated carbocycles. The van der Waals surface area contributed by atoms with E-state index in [-0.39, 0.29) is 19.2 Å². The number of esters is 2. The molecule has 3 rings (SSSR count). The second kappa shape index (κ2) is 18.3. The van der Waals surface area contributed by atoms with Crippen LogP contribution in [0.5, 0.6) is 11.5 Å². The summed E-state index contributed by atoms with van der Waals surface area (Å²) >= 11 is 0. The Labute approximate surface area is 254 Å². The maximum absolute atomic E-state index is 11.1. The molecular formula is C37H36O6. The Balaban J connectivity index is 1.49. The van der Waals surface area contributed by atoms with E-state index in [1.807, 2.05) is 60.7 Å². The van der Waals surface area contributed by atoms with Gasteiger partial charge in [-0.15, -0.1) is 0 Å². The van der Waals surface area contributed by atoms with Gasteiger partial charge >= 0.3 is 11.9 Å². The van der Waals surface area contributed by atoms with Crippen LogP contribution < -0.4 is 9.47 Å². The zero-order valence-electron chi connectivity index (χ0n) is 24.5. The van der Waals surface area contributed by atoms with Crippen LogP contribution in [0.1, 0.15) is 54.0 Å². The summed E-state index contributed by atoms with van der Waals surface area (Å²) in [5.74, 6) is 13.6. The van der Waals surface area contributed by atoms with Crippen molar-refractivity contribution in [1.82, 2.24) is 0 Å². The van der Waals surface area contributed by atoms with Gasteiger partial charge in [0.15, 0.2) is 0 Å². The van der Waals surface area contributed by atoms with Crippen molar-refractivity contribution in [1.29, 1.82) is 0 Å². The number of aryl methyl sites for hydroxylation is 1. The summed E-state index contributed by atoms with van der Waals surface area (Å²) in [6.07, 6.45) is 5.73. The first-order chi connectivity index (χ1) is 21.0. The minimum absolute atomic E-state index is 0.162. The fourth-order valence-corrected chi connectivity index (χ4v) is 3.80. The lowest BCUT2D eigenvalue weighted by atomic mass is 10.0. The first-order valence-corrected chi connectivity index (χ1v) is 14.2. The Morgan fingerprint density at radius 1 is 0.628 bits per heavy atom. The van der Waals surface area contributed by atoms with Gasteiger partial charge in [0.2, 0.25) is 0 Å². The van der Waals surface area contributed by atoms with E-state index in [0.29, 0.717) is 19.0 Å². The maximum atomic E-state index is 11.1. The van der Waals surface area contributed by atoms with Crippen LogP contribution in [0.25, 0.3) is 0 Å². The predicted molar refractivity (Wildman–Crippen MR) is 168 cm³/mol. The highest BCUT2D eigenvalue weighted by atomic mass is 16.6. The van der Waals surface area contributed by atoms with E-state index in [1.165, 1.54) is 6.08 Å². The van der Waals surface area contributed by atoms with Crippen LogP contribution in [0.15, 0.2) is 92.0 Å². The third kappa shape index (κ3) is 12.1. The number of rotatable bonds is 14. The number of hydrogen-bond acceptors (Lipinski definition) is 6. The van der Waals surface area contributed by atoms with Crippen molar-refractivity contribution >= 4 is 11.9 Å². The summed E-state index contributed by atoms with van der Waals surface area (Å²) in [6, 6.07) is 21.3. The molecular weight excluding hydrogens is 540 g/mol. The van der Waals surface area contributed by atoms with Crippen molar-refractivity contribution in [2.75, 3.05) is 26.4 Å². The highest BCUT2D eigenvalue weighted by Crippen LogP contribution is 2.15. The molecule has 0 aliphatic heterocycles. The molecule has 0 fully saturated rings. The Morgan fingerprint density at radius 3 is 1.74 bits per heavy atom. The first-order valence-electron chi connectivity index (χ1n) is 14.2. The van der Waals surface area contributed by atoms with E-state index >= 15 is 0 Å². The Hall–Kier alpha value is -5.20. The Morgan fingerprint density at radius 2 is 1.14 bits per heavy atom. The number of carbonyl (C=O) groups is 2. The van der Waals surface area contributed by atoms with Crippen LogP contribution in [-0.4, -0.2) is 38.4 Å².